The summed E-state index contributed by atoms with van der Waals surface area (Å²) in [6.45, 7) is 10.8. The molecule has 3 atom stereocenters. The number of amides is 5. The van der Waals surface area contributed by atoms with Crippen LogP contribution in [-0.4, -0.2) is 89.1 Å². The number of carbonyl (C=O) groups is 5. The molecule has 0 bridgehead atoms. The van der Waals surface area contributed by atoms with Crippen molar-refractivity contribution in [1.29, 1.82) is 0 Å². The fourth-order valence-corrected chi connectivity index (χ4v) is 5.93. The lowest BCUT2D eigenvalue weighted by atomic mass is 9.99. The molecule has 13 nitrogen and oxygen atoms in total. The molecule has 1 aliphatic heterocycles. The third-order valence-electron chi connectivity index (χ3n) is 9.15. The van der Waals surface area contributed by atoms with Crippen LogP contribution in [0.25, 0.3) is 0 Å². The van der Waals surface area contributed by atoms with E-state index in [4.69, 9.17) is 4.74 Å². The zero-order valence-electron chi connectivity index (χ0n) is 30.5. The van der Waals surface area contributed by atoms with Gasteiger partial charge in [-0.05, 0) is 62.8 Å². The highest BCUT2D eigenvalue weighted by Gasteiger charge is 2.34. The molecule has 0 aliphatic carbocycles. The molecule has 274 valence electrons. The number of aromatic nitrogens is 2. The maximum absolute atomic E-state index is 13.9. The highest BCUT2D eigenvalue weighted by Crippen LogP contribution is 2.20. The van der Waals surface area contributed by atoms with Crippen molar-refractivity contribution in [2.24, 2.45) is 5.92 Å². The van der Waals surface area contributed by atoms with Crippen LogP contribution in [0, 0.1) is 26.7 Å². The van der Waals surface area contributed by atoms with Gasteiger partial charge in [0.25, 0.3) is 5.91 Å². The minimum absolute atomic E-state index is 0.0172. The summed E-state index contributed by atoms with van der Waals surface area (Å²) in [5, 5.41) is 15.9. The number of benzene rings is 2. The van der Waals surface area contributed by atoms with Crippen molar-refractivity contribution in [3.8, 4) is 5.75 Å². The third-order valence-corrected chi connectivity index (χ3v) is 9.15. The molecule has 1 aliphatic rings. The Kier molecular flexibility index (Phi) is 13.7. The summed E-state index contributed by atoms with van der Waals surface area (Å²) in [4.78, 5) is 69.9. The first kappa shape index (κ1) is 38.6. The van der Waals surface area contributed by atoms with E-state index >= 15 is 0 Å². The Hall–Kier alpha value is -5.20. The van der Waals surface area contributed by atoms with E-state index < -0.39 is 48.2 Å². The summed E-state index contributed by atoms with van der Waals surface area (Å²) >= 11 is 0. The summed E-state index contributed by atoms with van der Waals surface area (Å²) in [6.07, 6.45) is 0.580. The Balaban J connectivity index is 1.62. The quantitative estimate of drug-likeness (QED) is 0.281. The van der Waals surface area contributed by atoms with E-state index in [-0.39, 0.29) is 43.5 Å². The van der Waals surface area contributed by atoms with E-state index in [9.17, 15) is 24.0 Å². The van der Waals surface area contributed by atoms with Gasteiger partial charge in [0.1, 0.15) is 23.9 Å². The van der Waals surface area contributed by atoms with Crippen molar-refractivity contribution < 1.29 is 28.7 Å². The fourth-order valence-electron chi connectivity index (χ4n) is 5.93. The zero-order chi connectivity index (χ0) is 37.1. The van der Waals surface area contributed by atoms with E-state index in [1.807, 2.05) is 65.0 Å². The molecule has 2 heterocycles. The van der Waals surface area contributed by atoms with Crippen LogP contribution in [0.3, 0.4) is 0 Å². The summed E-state index contributed by atoms with van der Waals surface area (Å²) in [7, 11) is 1.50. The summed E-state index contributed by atoms with van der Waals surface area (Å²) in [5.74, 6) is -2.21. The smallest absolute Gasteiger partial charge is 0.255 e. The van der Waals surface area contributed by atoms with E-state index in [0.29, 0.717) is 25.1 Å². The van der Waals surface area contributed by atoms with Crippen LogP contribution in [0.1, 0.15) is 66.0 Å². The number of nitrogens with one attached hydrogen (secondary N) is 4. The van der Waals surface area contributed by atoms with Gasteiger partial charge in [-0.15, -0.1) is 0 Å². The van der Waals surface area contributed by atoms with Crippen LogP contribution in [0.2, 0.25) is 0 Å². The van der Waals surface area contributed by atoms with Crippen molar-refractivity contribution in [3.05, 3.63) is 82.7 Å². The van der Waals surface area contributed by atoms with Crippen LogP contribution in [0.4, 0.5) is 0 Å². The number of aryl methyl sites for hydroxylation is 1. The van der Waals surface area contributed by atoms with Gasteiger partial charge in [0.2, 0.25) is 23.6 Å². The summed E-state index contributed by atoms with van der Waals surface area (Å²) in [6, 6.07) is 12.9. The Bertz CT molecular complexity index is 1690. The fraction of sp³-hybridized carbons (Fsp3) is 0.474. The minimum atomic E-state index is -1.26. The van der Waals surface area contributed by atoms with Crippen LogP contribution in [0.5, 0.6) is 5.75 Å². The highest BCUT2D eigenvalue weighted by molar-refractivity contribution is 6.01. The van der Waals surface area contributed by atoms with Gasteiger partial charge in [0.05, 0.1) is 30.8 Å². The lowest BCUT2D eigenvalue weighted by molar-refractivity contribution is -0.141. The van der Waals surface area contributed by atoms with E-state index in [2.05, 4.69) is 26.4 Å². The Labute approximate surface area is 299 Å². The summed E-state index contributed by atoms with van der Waals surface area (Å²) in [5.41, 5.74) is 4.01. The van der Waals surface area contributed by atoms with E-state index in [1.165, 1.54) is 11.9 Å². The molecule has 1 aromatic heterocycles. The molecule has 51 heavy (non-hydrogen) atoms. The van der Waals surface area contributed by atoms with Gasteiger partial charge >= 0.3 is 0 Å². The first-order valence-electron chi connectivity index (χ1n) is 17.5. The van der Waals surface area contributed by atoms with Gasteiger partial charge in [-0.3, -0.25) is 28.7 Å². The van der Waals surface area contributed by atoms with E-state index in [0.717, 1.165) is 22.5 Å². The molecule has 0 unspecified atom stereocenters. The molecule has 0 spiro atoms. The predicted octanol–water partition coefficient (Wildman–Crippen LogP) is 2.61. The molecule has 0 radical (unpaired) electrons. The first-order valence-corrected chi connectivity index (χ1v) is 17.5. The summed E-state index contributed by atoms with van der Waals surface area (Å²) < 4.78 is 7.74. The SMILES string of the molecule is Cc1nn(CCNC(=O)[C@@H]2CC(=O)N(C)[C@@H](CC(C)C)C(=O)N[C@@H](Cc3ccccc3)C(=O)NCCCOc3ccccc3C(=O)N2)c(C)c1C. The molecule has 13 heteroatoms. The van der Waals surface area contributed by atoms with Crippen molar-refractivity contribution in [2.75, 3.05) is 26.7 Å². The normalized spacial score (nSPS) is 19.6. The number of likely N-dealkylation sites (N-methyl/N-ethyl adjacent to an activating group) is 1. The van der Waals surface area contributed by atoms with Crippen LogP contribution in [0.15, 0.2) is 54.6 Å². The second kappa shape index (κ2) is 18.2. The molecule has 4 rings (SSSR count). The number of carbonyl (C=O) groups excluding carboxylic acids is 5. The van der Waals surface area contributed by atoms with Crippen LogP contribution < -0.4 is 26.0 Å². The van der Waals surface area contributed by atoms with Crippen LogP contribution in [-0.2, 0) is 32.1 Å². The standard InChI is InChI=1S/C38H51N7O6/c1-24(2)21-32-38(50)42-30(22-28-13-8-7-9-14-28)36(48)39-17-12-20-51-33-16-11-10-15-29(33)35(47)41-31(23-34(46)44(32)6)37(49)40-18-19-45-27(5)25(3)26(4)43-45/h7-11,13-16,24,30-32H,12,17-23H2,1-6H3,(H,39,48)(H,40,49)(H,41,47)(H,42,50)/t30-,31-,32-/m0/s1. The van der Waals surface area contributed by atoms with Gasteiger partial charge in [-0.2, -0.15) is 5.10 Å². The molecular formula is C38H51N7O6. The third kappa shape index (κ3) is 10.6. The van der Waals surface area contributed by atoms with Gasteiger partial charge in [-0.25, -0.2) is 0 Å². The second-order valence-electron chi connectivity index (χ2n) is 13.4. The number of nitrogens with zero attached hydrogens (tertiary/aromatic N) is 3. The van der Waals surface area contributed by atoms with Gasteiger partial charge in [-0.1, -0.05) is 56.3 Å². The van der Waals surface area contributed by atoms with Crippen LogP contribution >= 0.6 is 0 Å². The number of para-hydroxylation sites is 1. The molecule has 4 N–H and O–H groups in total. The Morgan fingerprint density at radius 2 is 1.69 bits per heavy atom. The molecule has 0 fully saturated rings. The molecule has 5 amide bonds. The lowest BCUT2D eigenvalue weighted by Crippen LogP contribution is -2.56. The zero-order valence-corrected chi connectivity index (χ0v) is 30.5. The number of fused-ring (bicyclic) bond motifs is 1. The topological polar surface area (TPSA) is 164 Å². The second-order valence-corrected chi connectivity index (χ2v) is 13.4. The first-order chi connectivity index (χ1) is 24.3. The Morgan fingerprint density at radius 3 is 2.37 bits per heavy atom. The molecule has 0 saturated carbocycles. The number of hydrogen-bond acceptors (Lipinski definition) is 7. The Morgan fingerprint density at radius 1 is 0.980 bits per heavy atom. The molecule has 3 aromatic rings. The van der Waals surface area contributed by atoms with Crippen molar-refractivity contribution in [2.45, 2.75) is 85.0 Å². The molecule has 0 saturated heterocycles. The lowest BCUT2D eigenvalue weighted by Gasteiger charge is -2.31. The number of ether oxygens (including phenoxy) is 1. The molecular weight excluding hydrogens is 650 g/mol. The van der Waals surface area contributed by atoms with Crippen molar-refractivity contribution in [3.63, 3.8) is 0 Å². The number of hydrogen-bond donors (Lipinski definition) is 4. The van der Waals surface area contributed by atoms with Gasteiger partial charge in [0.15, 0.2) is 0 Å². The maximum atomic E-state index is 13.9. The minimum Gasteiger partial charge on any atom is -0.493 e. The number of rotatable bonds is 8. The molecule has 2 aromatic carbocycles. The average molecular weight is 702 g/mol. The van der Waals surface area contributed by atoms with Gasteiger partial charge in [0, 0.05) is 32.3 Å². The van der Waals surface area contributed by atoms with Gasteiger partial charge < -0.3 is 30.9 Å². The highest BCUT2D eigenvalue weighted by atomic mass is 16.5. The predicted molar refractivity (Wildman–Crippen MR) is 193 cm³/mol. The maximum Gasteiger partial charge on any atom is 0.255 e. The largest absolute Gasteiger partial charge is 0.493 e. The van der Waals surface area contributed by atoms with Crippen molar-refractivity contribution >= 4 is 29.5 Å². The van der Waals surface area contributed by atoms with Crippen molar-refractivity contribution in [1.82, 2.24) is 35.9 Å². The monoisotopic (exact) mass is 701 g/mol. The average Bonchev–Trinajstić information content (AvgIpc) is 3.35. The van der Waals surface area contributed by atoms with E-state index in [1.54, 1.807) is 28.9 Å².